The molecule has 0 unspecified atom stereocenters. The number of imide groups is 1. The Balaban J connectivity index is 1.38. The van der Waals surface area contributed by atoms with Gasteiger partial charge in [0.2, 0.25) is 5.75 Å². The molecule has 0 aliphatic carbocycles. The minimum absolute atomic E-state index is 0.0643. The van der Waals surface area contributed by atoms with Crippen LogP contribution in [-0.4, -0.2) is 21.0 Å². The molecule has 208 valence electrons. The summed E-state index contributed by atoms with van der Waals surface area (Å²) in [5.41, 5.74) is -0.742. The molecule has 1 aliphatic heterocycles. The molecule has 13 heteroatoms. The fourth-order valence-electron chi connectivity index (χ4n) is 4.10. The summed E-state index contributed by atoms with van der Waals surface area (Å²) in [4.78, 5) is 37.6. The number of hydrogen-bond acceptors (Lipinski definition) is 6. The van der Waals surface area contributed by atoms with Gasteiger partial charge in [0, 0.05) is 6.07 Å². The van der Waals surface area contributed by atoms with Crippen molar-refractivity contribution < 1.29 is 32.4 Å². The molecule has 7 nitrogen and oxygen atoms in total. The number of nitro groups is 1. The van der Waals surface area contributed by atoms with Gasteiger partial charge in [0.05, 0.1) is 30.9 Å². The number of fused-ring (bicyclic) bond motifs is 1. The van der Waals surface area contributed by atoms with Gasteiger partial charge in [-0.3, -0.25) is 24.6 Å². The number of nitrogens with zero attached hydrogens (tertiary/aromatic N) is 2. The Hall–Kier alpha value is -3.68. The lowest BCUT2D eigenvalue weighted by Crippen LogP contribution is -2.27. The summed E-state index contributed by atoms with van der Waals surface area (Å²) in [6, 6.07) is 18.5. The van der Waals surface area contributed by atoms with Crippen LogP contribution in [0.3, 0.4) is 0 Å². The number of nitro benzene ring substituents is 1. The van der Waals surface area contributed by atoms with Gasteiger partial charge in [0.15, 0.2) is 5.75 Å². The van der Waals surface area contributed by atoms with Gasteiger partial charge in [-0.25, -0.2) is 0 Å². The first kappa shape index (κ1) is 28.8. The number of alkyl halides is 3. The molecular formula is C28H15Br2F3N2O5S. The summed E-state index contributed by atoms with van der Waals surface area (Å²) >= 11 is 7.42. The topological polar surface area (TPSA) is 89.7 Å². The van der Waals surface area contributed by atoms with E-state index >= 15 is 0 Å². The van der Waals surface area contributed by atoms with Crippen LogP contribution in [0.5, 0.6) is 11.5 Å². The summed E-state index contributed by atoms with van der Waals surface area (Å²) in [6.45, 7) is 0.110. The van der Waals surface area contributed by atoms with Crippen LogP contribution in [0.2, 0.25) is 0 Å². The van der Waals surface area contributed by atoms with Crippen LogP contribution < -0.4 is 4.74 Å². The zero-order valence-electron chi connectivity index (χ0n) is 20.4. The van der Waals surface area contributed by atoms with Gasteiger partial charge < -0.3 is 4.74 Å². The normalized spacial score (nSPS) is 14.8. The molecule has 4 aromatic rings. The van der Waals surface area contributed by atoms with E-state index < -0.39 is 39.2 Å². The number of carbonyl (C=O) groups is 2. The van der Waals surface area contributed by atoms with Crippen LogP contribution in [0.4, 0.5) is 23.7 Å². The van der Waals surface area contributed by atoms with Gasteiger partial charge in [-0.05, 0) is 102 Å². The van der Waals surface area contributed by atoms with E-state index in [0.717, 1.165) is 39.1 Å². The fourth-order valence-corrected chi connectivity index (χ4v) is 6.32. The molecule has 1 saturated heterocycles. The number of hydrogen-bond donors (Lipinski definition) is 0. The zero-order chi connectivity index (χ0) is 29.5. The summed E-state index contributed by atoms with van der Waals surface area (Å²) in [6.07, 6.45) is -3.24. The molecule has 0 radical (unpaired) electrons. The Morgan fingerprint density at radius 3 is 2.29 bits per heavy atom. The number of amides is 2. The molecule has 0 bridgehead atoms. The molecule has 0 aromatic heterocycles. The Bertz CT molecular complexity index is 1750. The Morgan fingerprint density at radius 2 is 1.63 bits per heavy atom. The summed E-state index contributed by atoms with van der Waals surface area (Å²) in [5, 5.41) is 13.0. The number of carbonyl (C=O) groups excluding carboxylic acids is 2. The molecule has 0 spiro atoms. The Kier molecular flexibility index (Phi) is 7.95. The second-order valence-corrected chi connectivity index (χ2v) is 11.5. The second kappa shape index (κ2) is 11.3. The lowest BCUT2D eigenvalue weighted by molar-refractivity contribution is -0.385. The third kappa shape index (κ3) is 6.16. The van der Waals surface area contributed by atoms with E-state index in [1.54, 1.807) is 12.1 Å². The van der Waals surface area contributed by atoms with E-state index in [-0.39, 0.29) is 17.2 Å². The van der Waals surface area contributed by atoms with E-state index in [1.807, 2.05) is 42.5 Å². The third-order valence-electron chi connectivity index (χ3n) is 6.04. The van der Waals surface area contributed by atoms with Gasteiger partial charge >= 0.3 is 11.9 Å². The highest BCUT2D eigenvalue weighted by molar-refractivity contribution is 9.11. The maximum absolute atomic E-state index is 13.1. The Labute approximate surface area is 251 Å². The number of thioether (sulfide) groups is 1. The van der Waals surface area contributed by atoms with Gasteiger partial charge in [-0.15, -0.1) is 0 Å². The second-order valence-electron chi connectivity index (χ2n) is 8.80. The van der Waals surface area contributed by atoms with E-state index in [9.17, 15) is 32.9 Å². The molecule has 41 heavy (non-hydrogen) atoms. The first-order chi connectivity index (χ1) is 19.4. The van der Waals surface area contributed by atoms with E-state index in [1.165, 1.54) is 6.08 Å². The first-order valence-electron chi connectivity index (χ1n) is 11.7. The summed E-state index contributed by atoms with van der Waals surface area (Å²) < 4.78 is 45.3. The zero-order valence-corrected chi connectivity index (χ0v) is 24.4. The number of halogens is 5. The van der Waals surface area contributed by atoms with Gasteiger partial charge in [-0.2, -0.15) is 13.2 Å². The van der Waals surface area contributed by atoms with E-state index in [2.05, 4.69) is 31.9 Å². The molecule has 2 amide bonds. The number of ether oxygens (including phenoxy) is 1. The van der Waals surface area contributed by atoms with E-state index in [4.69, 9.17) is 4.74 Å². The molecule has 0 saturated carbocycles. The lowest BCUT2D eigenvalue weighted by Gasteiger charge is -2.13. The predicted molar refractivity (Wildman–Crippen MR) is 155 cm³/mol. The van der Waals surface area contributed by atoms with Crippen LogP contribution in [0, 0.1) is 10.1 Å². The van der Waals surface area contributed by atoms with Crippen molar-refractivity contribution in [1.29, 1.82) is 0 Å². The van der Waals surface area contributed by atoms with Crippen molar-refractivity contribution in [3.05, 3.63) is 113 Å². The Morgan fingerprint density at radius 1 is 0.951 bits per heavy atom. The molecule has 4 aromatic carbocycles. The van der Waals surface area contributed by atoms with Gasteiger partial charge in [0.1, 0.15) is 0 Å². The largest absolute Gasteiger partial charge is 0.448 e. The minimum Gasteiger partial charge on any atom is -0.448 e. The van der Waals surface area contributed by atoms with Gasteiger partial charge in [-0.1, -0.05) is 36.4 Å². The molecule has 0 N–H and O–H groups in total. The van der Waals surface area contributed by atoms with Crippen molar-refractivity contribution in [2.75, 3.05) is 0 Å². The van der Waals surface area contributed by atoms with Gasteiger partial charge in [0.25, 0.3) is 11.1 Å². The fraction of sp³-hybridized carbons (Fsp3) is 0.0714. The average Bonchev–Trinajstić information content (AvgIpc) is 3.17. The molecule has 1 fully saturated rings. The SMILES string of the molecule is O=C1S/C(=C\c2cc(Br)c(Oc3ccc(C(F)(F)F)cc3[N+](=O)[O-])c(Br)c2)C(=O)N1Cc1ccc2ccccc2c1. The molecule has 1 aliphatic rings. The van der Waals surface area contributed by atoms with Crippen LogP contribution in [0.25, 0.3) is 16.8 Å². The van der Waals surface area contributed by atoms with E-state index in [0.29, 0.717) is 26.6 Å². The lowest BCUT2D eigenvalue weighted by atomic mass is 10.1. The van der Waals surface area contributed by atoms with Crippen LogP contribution in [-0.2, 0) is 17.5 Å². The summed E-state index contributed by atoms with van der Waals surface area (Å²) in [7, 11) is 0. The summed E-state index contributed by atoms with van der Waals surface area (Å²) in [5.74, 6) is -0.789. The van der Waals surface area contributed by atoms with Crippen molar-refractivity contribution in [3.8, 4) is 11.5 Å². The first-order valence-corrected chi connectivity index (χ1v) is 14.1. The number of rotatable bonds is 6. The highest BCUT2D eigenvalue weighted by Gasteiger charge is 2.36. The number of benzene rings is 4. The molecular weight excluding hydrogens is 693 g/mol. The van der Waals surface area contributed by atoms with Crippen LogP contribution in [0.15, 0.2) is 86.6 Å². The average molecular weight is 708 g/mol. The van der Waals surface area contributed by atoms with Crippen molar-refractivity contribution in [1.82, 2.24) is 4.90 Å². The molecule has 1 heterocycles. The maximum atomic E-state index is 13.1. The van der Waals surface area contributed by atoms with Crippen LogP contribution in [0.1, 0.15) is 16.7 Å². The highest BCUT2D eigenvalue weighted by Crippen LogP contribution is 2.43. The van der Waals surface area contributed by atoms with Crippen molar-refractivity contribution >= 4 is 77.3 Å². The molecule has 0 atom stereocenters. The monoisotopic (exact) mass is 706 g/mol. The molecule has 5 rings (SSSR count). The predicted octanol–water partition coefficient (Wildman–Crippen LogP) is 9.32. The standard InChI is InChI=1S/C28H15Br2F3N2O5S/c29-20-10-16(11-21(30)25(20)40-23-8-7-19(28(31,32)33)13-22(23)35(38)39)12-24-26(36)34(27(37)41-24)14-15-5-6-17-3-1-2-4-18(17)9-15/h1-13H,14H2/b24-12-. The highest BCUT2D eigenvalue weighted by atomic mass is 79.9. The van der Waals surface area contributed by atoms with Crippen molar-refractivity contribution in [3.63, 3.8) is 0 Å². The van der Waals surface area contributed by atoms with Crippen LogP contribution >= 0.6 is 43.6 Å². The smallest absolute Gasteiger partial charge is 0.416 e. The minimum atomic E-state index is -4.76. The van der Waals surface area contributed by atoms with Crippen molar-refractivity contribution in [2.45, 2.75) is 12.7 Å². The maximum Gasteiger partial charge on any atom is 0.416 e. The third-order valence-corrected chi connectivity index (χ3v) is 8.13. The quantitative estimate of drug-likeness (QED) is 0.113. The van der Waals surface area contributed by atoms with Crippen molar-refractivity contribution in [2.24, 2.45) is 0 Å².